The van der Waals surface area contributed by atoms with E-state index in [0.29, 0.717) is 11.4 Å². The van der Waals surface area contributed by atoms with Crippen molar-refractivity contribution in [1.29, 1.82) is 0 Å². The van der Waals surface area contributed by atoms with Crippen molar-refractivity contribution < 1.29 is 145 Å². The molecule has 4 radical (unpaired) electrons. The van der Waals surface area contributed by atoms with Crippen molar-refractivity contribution in [2.75, 3.05) is 0 Å². The number of hydrogen-bond donors (Lipinski definition) is 6. The summed E-state index contributed by atoms with van der Waals surface area (Å²) in [4.78, 5) is 92.2. The first-order valence-electron chi connectivity index (χ1n) is 39.4. The Morgan fingerprint density at radius 1 is 0.463 bits per heavy atom. The molecule has 0 unspecified atom stereocenters. The summed E-state index contributed by atoms with van der Waals surface area (Å²) < 4.78 is 110. The van der Waals surface area contributed by atoms with Gasteiger partial charge in [0.25, 0.3) is 0 Å². The number of pyridine rings is 9. The first-order valence-corrected chi connectivity index (χ1v) is 39.4. The number of nitrogens with zero attached hydrogens (tertiary/aromatic N) is 20. The molecule has 0 aliphatic rings. The summed E-state index contributed by atoms with van der Waals surface area (Å²) in [5.41, 5.74) is 15.6. The average molecular weight is 2550 g/mol. The maximum atomic E-state index is 13.3. The molecule has 0 aliphatic heterocycles. The van der Waals surface area contributed by atoms with Crippen molar-refractivity contribution >= 4 is 122 Å². The summed E-state index contributed by atoms with van der Waals surface area (Å²) in [5.74, 6) is -4.86. The van der Waals surface area contributed by atoms with E-state index in [0.717, 1.165) is 156 Å². The Balaban J connectivity index is 0.000000161. The van der Waals surface area contributed by atoms with E-state index in [9.17, 15) is 49.5 Å². The van der Waals surface area contributed by atoms with Gasteiger partial charge in [0.1, 0.15) is 34.8 Å². The molecular weight excluding hydrogens is 2480 g/mol. The molecule has 0 bridgehead atoms. The number of aromatic carboxylic acids is 3. The summed E-state index contributed by atoms with van der Waals surface area (Å²) in [6.07, 6.45) is 11.9. The van der Waals surface area contributed by atoms with Crippen molar-refractivity contribution in [2.24, 2.45) is 28.2 Å². The van der Waals surface area contributed by atoms with E-state index < -0.39 is 53.7 Å². The number of halogens is 8. The SMILES string of the molecule is C.Cc1c(C)n(C)c2cnc(C(=O)O)cc12.Cc1c[nH]c(-c2[c-]ccnc2)n1.Cc1cn(C)c(-c2[c-]cc(F)nc2F)n1.Cc1cn2c3ccccc3c3ncc[c-]c3c2n1.Cn1c2ccccc2c2cc(C(=O)O)ncc21.Cn1c2ccccc2c2cc(C(=O)O)ncc21.FC(F)(F)c1c[nH]c(-c2[c-]ccnc2)n1.FC(F)(F)c1n[n-]c(-c2cc3c(cn2)[nH]c2ccccc23)n1.[Ir].[Ir].[Ir].[Ir]. The fourth-order valence-electron chi connectivity index (χ4n) is 14.4. The molecule has 136 heavy (non-hydrogen) atoms. The van der Waals surface area contributed by atoms with E-state index in [1.54, 1.807) is 98.4 Å². The van der Waals surface area contributed by atoms with Crippen LogP contribution in [0.1, 0.15) is 78.7 Å². The van der Waals surface area contributed by atoms with Crippen molar-refractivity contribution in [3.8, 4) is 45.7 Å². The number of nitrogens with one attached hydrogen (secondary N) is 3. The third-order valence-electron chi connectivity index (χ3n) is 20.7. The second kappa shape index (κ2) is 44.1. The zero-order valence-corrected chi connectivity index (χ0v) is 81.3. The van der Waals surface area contributed by atoms with E-state index in [-0.39, 0.29) is 128 Å². The average Bonchev–Trinajstić information content (AvgIpc) is 1.38. The van der Waals surface area contributed by atoms with Crippen LogP contribution in [0.15, 0.2) is 226 Å². The molecule has 6 N–H and O–H groups in total. The standard InChI is InChI=1S/C15H10N3.C14H7F3N5.2C13H10N2O2.C11H12N2O2.C10H8F2N3.C9H5F3N3.C9H8N3.CH4.4Ir/c1-10-9-18-13-7-3-2-5-11(13)14-12(15(18)17-10)6-4-8-16-14;15-14(16,17)13-20-12(21-22-13)10-5-8-7-3-1-2-4-9(7)19-11(8)6-18-10;2*1-15-11-5-3-2-4-8(11)9-6-10(13(16)17)14-7-12(9)15;1-6-7(2)13(3)10-5-12-9(11(14)15)4-8(6)10;1-6-5-15(2)10(13-6)7-3-4-8(11)14-9(7)12;10-9(11,12)7-5-14-8(15-7)6-2-1-3-13-4-6;1-7-5-11-9(12-7)8-3-2-4-10-6-8;;;;;/h2-5,7-9H,1H3;1-6,19H;2*2-7H,1H3,(H,16,17);4-5H,1-3H3,(H,14,15);4-5H,1-2H3;1,3-5H,(H,14,15);2,4-6H,1H3,(H,11,12);1H4;;;;/q2*-1;;;;3*-1;;;;;. The van der Waals surface area contributed by atoms with Gasteiger partial charge in [0.15, 0.2) is 5.69 Å². The Morgan fingerprint density at radius 3 is 1.49 bits per heavy atom. The molecule has 0 saturated heterocycles. The number of imidazole rings is 4. The van der Waals surface area contributed by atoms with Crippen LogP contribution < -0.4 is 5.10 Å². The number of carbonyl (C=O) groups is 3. The van der Waals surface area contributed by atoms with Gasteiger partial charge in [0, 0.05) is 216 Å². The van der Waals surface area contributed by atoms with Gasteiger partial charge in [-0.1, -0.05) is 139 Å². The number of aryl methyl sites for hydroxylation is 8. The summed E-state index contributed by atoms with van der Waals surface area (Å²) in [6.45, 7) is 9.73. The Hall–Kier alpha value is -14.6. The van der Waals surface area contributed by atoms with E-state index in [1.165, 1.54) is 18.5 Å². The second-order valence-corrected chi connectivity index (χ2v) is 29.3. The molecule has 0 fully saturated rings. The number of rotatable bonds is 7. The topological polar surface area (TPSA) is 378 Å². The van der Waals surface area contributed by atoms with Crippen molar-refractivity contribution in [2.45, 2.75) is 54.4 Å². The zero-order valence-electron chi connectivity index (χ0n) is 71.7. The van der Waals surface area contributed by atoms with E-state index in [1.807, 2.05) is 160 Å². The predicted molar refractivity (Wildman–Crippen MR) is 480 cm³/mol. The van der Waals surface area contributed by atoms with Crippen LogP contribution in [0.2, 0.25) is 0 Å². The normalized spacial score (nSPS) is 10.9. The summed E-state index contributed by atoms with van der Waals surface area (Å²) in [7, 11) is 7.58. The van der Waals surface area contributed by atoms with Gasteiger partial charge in [0.05, 0.1) is 75.7 Å². The van der Waals surface area contributed by atoms with E-state index in [4.69, 9.17) is 15.3 Å². The number of alkyl halides is 6. The quantitative estimate of drug-likeness (QED) is 0.0373. The molecule has 0 atom stereocenters. The fourth-order valence-corrected chi connectivity index (χ4v) is 14.4. The Labute approximate surface area is 820 Å². The smallest absolute Gasteiger partial charge is 0.433 e. The molecule has 22 rings (SSSR count). The fraction of sp³-hybridized carbons (Fsp3) is 0.126. The van der Waals surface area contributed by atoms with E-state index >= 15 is 0 Å². The largest absolute Gasteiger partial charge is 0.477 e. The van der Waals surface area contributed by atoms with Crippen LogP contribution in [0.4, 0.5) is 35.1 Å². The Kier molecular flexibility index (Phi) is 33.6. The third-order valence-corrected chi connectivity index (χ3v) is 20.7. The van der Waals surface area contributed by atoms with Crippen LogP contribution in [0.3, 0.4) is 0 Å². The molecule has 18 aromatic heterocycles. The number of aromatic amines is 3. The van der Waals surface area contributed by atoms with Crippen LogP contribution in [-0.2, 0) is 121 Å². The second-order valence-electron chi connectivity index (χ2n) is 29.3. The molecule has 0 spiro atoms. The molecule has 41 heteroatoms. The van der Waals surface area contributed by atoms with Crippen molar-refractivity contribution in [3.63, 3.8) is 0 Å². The van der Waals surface area contributed by atoms with Crippen LogP contribution in [0.25, 0.3) is 149 Å². The number of benzene rings is 4. The first kappa shape index (κ1) is 104. The minimum Gasteiger partial charge on any atom is -0.477 e. The number of H-pyrrole nitrogens is 3. The minimum atomic E-state index is -4.61. The molecule has 29 nitrogen and oxygen atoms in total. The molecule has 0 aliphatic carbocycles. The molecule has 0 saturated carbocycles. The van der Waals surface area contributed by atoms with Gasteiger partial charge in [0.2, 0.25) is 0 Å². The van der Waals surface area contributed by atoms with Gasteiger partial charge < -0.3 is 78.0 Å². The van der Waals surface area contributed by atoms with Crippen molar-refractivity contribution in [3.05, 3.63) is 319 Å². The number of aromatic nitrogens is 23. The number of para-hydroxylation sites is 4. The molecule has 4 aromatic carbocycles. The van der Waals surface area contributed by atoms with Crippen LogP contribution in [-0.4, -0.2) is 141 Å². The molecule has 0 amide bonds. The Bertz CT molecular complexity index is 7830. The summed E-state index contributed by atoms with van der Waals surface area (Å²) in [6, 6.07) is 55.8. The predicted octanol–water partition coefficient (Wildman–Crippen LogP) is 19.4. The van der Waals surface area contributed by atoms with Crippen LogP contribution in [0, 0.1) is 70.8 Å². The van der Waals surface area contributed by atoms with Gasteiger partial charge in [-0.05, 0) is 105 Å². The zero-order chi connectivity index (χ0) is 92.9. The molecule has 702 valence electrons. The number of fused-ring (bicyclic) bond motifs is 16. The van der Waals surface area contributed by atoms with E-state index in [2.05, 4.69) is 137 Å². The maximum absolute atomic E-state index is 13.3. The summed E-state index contributed by atoms with van der Waals surface area (Å²) >= 11 is 0. The summed E-state index contributed by atoms with van der Waals surface area (Å²) in [5, 5.41) is 42.1. The minimum absolute atomic E-state index is 0. The number of hydrogen-bond acceptors (Lipinski definition) is 17. The van der Waals surface area contributed by atoms with Crippen LogP contribution in [0.5, 0.6) is 0 Å². The molecule has 18 heterocycles. The van der Waals surface area contributed by atoms with Gasteiger partial charge >= 0.3 is 30.3 Å². The first-order chi connectivity index (χ1) is 62.8. The molecule has 22 aromatic rings. The monoisotopic (exact) mass is 2560 g/mol. The molecular formula is C95H74F8Ir4N23O6-5. The van der Waals surface area contributed by atoms with Crippen molar-refractivity contribution in [1.82, 2.24) is 113 Å². The van der Waals surface area contributed by atoms with Gasteiger partial charge in [-0.3, -0.25) is 35.0 Å². The van der Waals surface area contributed by atoms with Gasteiger partial charge in [-0.2, -0.15) is 26.3 Å². The van der Waals surface area contributed by atoms with Gasteiger partial charge in [-0.25, -0.2) is 38.1 Å². The van der Waals surface area contributed by atoms with Crippen LogP contribution >= 0.6 is 0 Å². The number of carboxylic acid groups (broad SMARTS) is 3. The maximum Gasteiger partial charge on any atom is 0.433 e. The number of carboxylic acids is 3. The Morgan fingerprint density at radius 2 is 0.978 bits per heavy atom. The third kappa shape index (κ3) is 22.6. The van der Waals surface area contributed by atoms with Gasteiger partial charge in [-0.15, -0.1) is 42.5 Å².